The van der Waals surface area contributed by atoms with Gasteiger partial charge in [0.2, 0.25) is 0 Å². The molecule has 0 aromatic heterocycles. The lowest BCUT2D eigenvalue weighted by Gasteiger charge is -2.23. The van der Waals surface area contributed by atoms with Gasteiger partial charge in [0.05, 0.1) is 26.7 Å². The van der Waals surface area contributed by atoms with Gasteiger partial charge >= 0.3 is 5.97 Å². The summed E-state index contributed by atoms with van der Waals surface area (Å²) in [5, 5.41) is 0. The molecule has 0 radical (unpaired) electrons. The Balaban J connectivity index is 0.00000361. The summed E-state index contributed by atoms with van der Waals surface area (Å²) < 4.78 is 6.06. The van der Waals surface area contributed by atoms with E-state index in [-0.39, 0.29) is 16.9 Å². The summed E-state index contributed by atoms with van der Waals surface area (Å²) in [4.78, 5) is 11.9. The zero-order valence-corrected chi connectivity index (χ0v) is 13.4. The minimum absolute atomic E-state index is 0. The standard InChI is InChI=1S/C16H26NO2.H2O/c1-16(2,3)14-9-7-13(8-10-14)15(18)19-12-11-17(4,5)6;/h7-10H,11-12H2,1-6H3;1H2/q+1;/p-1. The number of carbonyl (C=O) groups excluding carboxylic acids is 1. The molecule has 0 saturated heterocycles. The van der Waals surface area contributed by atoms with Crippen LogP contribution in [0.3, 0.4) is 0 Å². The summed E-state index contributed by atoms with van der Waals surface area (Å²) in [5.74, 6) is -0.242. The van der Waals surface area contributed by atoms with Crippen molar-refractivity contribution in [2.45, 2.75) is 26.2 Å². The van der Waals surface area contributed by atoms with Gasteiger partial charge in [-0.2, -0.15) is 0 Å². The summed E-state index contributed by atoms with van der Waals surface area (Å²) in [6.07, 6.45) is 0. The fraction of sp³-hybridized carbons (Fsp3) is 0.562. The smallest absolute Gasteiger partial charge is 0.338 e. The van der Waals surface area contributed by atoms with Crippen LogP contribution in [0.1, 0.15) is 36.7 Å². The highest BCUT2D eigenvalue weighted by molar-refractivity contribution is 5.89. The number of nitrogens with zero attached hydrogens (tertiary/aromatic N) is 1. The van der Waals surface area contributed by atoms with Gasteiger partial charge in [-0.05, 0) is 23.1 Å². The maximum Gasteiger partial charge on any atom is 0.338 e. The minimum atomic E-state index is -0.242. The van der Waals surface area contributed by atoms with Crippen LogP contribution in [0.5, 0.6) is 0 Å². The average Bonchev–Trinajstić information content (AvgIpc) is 2.26. The van der Waals surface area contributed by atoms with E-state index in [4.69, 9.17) is 4.74 Å². The van der Waals surface area contributed by atoms with Crippen molar-refractivity contribution in [3.05, 3.63) is 35.4 Å². The first-order valence-corrected chi connectivity index (χ1v) is 6.68. The van der Waals surface area contributed by atoms with E-state index in [0.29, 0.717) is 12.2 Å². The molecule has 0 spiro atoms. The highest BCUT2D eigenvalue weighted by Crippen LogP contribution is 2.22. The first-order chi connectivity index (χ1) is 8.59. The summed E-state index contributed by atoms with van der Waals surface area (Å²) in [6, 6.07) is 7.68. The Morgan fingerprint density at radius 1 is 1.10 bits per heavy atom. The van der Waals surface area contributed by atoms with Crippen LogP contribution in [-0.4, -0.2) is 50.2 Å². The number of quaternary nitrogens is 1. The van der Waals surface area contributed by atoms with Crippen LogP contribution >= 0.6 is 0 Å². The number of likely N-dealkylation sites (N-methyl/N-ethyl adjacent to an activating group) is 1. The molecule has 0 heterocycles. The number of ether oxygens (including phenoxy) is 1. The number of hydrogen-bond acceptors (Lipinski definition) is 3. The van der Waals surface area contributed by atoms with Crippen LogP contribution in [0.2, 0.25) is 0 Å². The molecule has 0 amide bonds. The molecule has 20 heavy (non-hydrogen) atoms. The average molecular weight is 281 g/mol. The molecule has 0 aliphatic heterocycles. The molecule has 4 nitrogen and oxygen atoms in total. The van der Waals surface area contributed by atoms with Gasteiger partial charge in [0, 0.05) is 0 Å². The van der Waals surface area contributed by atoms with Gasteiger partial charge in [0.15, 0.2) is 0 Å². The van der Waals surface area contributed by atoms with E-state index in [2.05, 4.69) is 41.9 Å². The quantitative estimate of drug-likeness (QED) is 0.630. The molecule has 0 fully saturated rings. The highest BCUT2D eigenvalue weighted by atomic mass is 16.5. The normalized spacial score (nSPS) is 11.7. The third-order valence-corrected chi connectivity index (χ3v) is 2.98. The molecule has 1 N–H and O–H groups in total. The van der Waals surface area contributed by atoms with Crippen LogP contribution in [0, 0.1) is 0 Å². The molecule has 0 unspecified atom stereocenters. The first kappa shape index (κ1) is 18.6. The van der Waals surface area contributed by atoms with Crippen molar-refractivity contribution >= 4 is 5.97 Å². The van der Waals surface area contributed by atoms with Crippen molar-refractivity contribution in [2.75, 3.05) is 34.3 Å². The van der Waals surface area contributed by atoms with Crippen LogP contribution < -0.4 is 0 Å². The molecule has 0 aliphatic rings. The number of benzene rings is 1. The summed E-state index contributed by atoms with van der Waals surface area (Å²) in [5.41, 5.74) is 1.94. The van der Waals surface area contributed by atoms with E-state index in [1.807, 2.05) is 24.3 Å². The van der Waals surface area contributed by atoms with Gasteiger partial charge in [0.25, 0.3) is 0 Å². The Morgan fingerprint density at radius 2 is 1.60 bits per heavy atom. The molecule has 0 saturated carbocycles. The van der Waals surface area contributed by atoms with Gasteiger partial charge in [0.1, 0.15) is 13.2 Å². The Hall–Kier alpha value is -1.39. The van der Waals surface area contributed by atoms with Crippen LogP contribution in [0.4, 0.5) is 0 Å². The third kappa shape index (κ3) is 6.17. The molecule has 0 atom stereocenters. The van der Waals surface area contributed by atoms with Crippen molar-refractivity contribution in [3.63, 3.8) is 0 Å². The molecule has 1 aromatic rings. The van der Waals surface area contributed by atoms with Gasteiger partial charge < -0.3 is 14.7 Å². The molecular formula is C16H27NO3. The van der Waals surface area contributed by atoms with Gasteiger partial charge in [-0.15, -0.1) is 0 Å². The van der Waals surface area contributed by atoms with Crippen molar-refractivity contribution in [3.8, 4) is 0 Å². The molecule has 4 heteroatoms. The number of carbonyl (C=O) groups is 1. The molecular weight excluding hydrogens is 254 g/mol. The maximum atomic E-state index is 11.9. The van der Waals surface area contributed by atoms with E-state index in [1.165, 1.54) is 5.56 Å². The largest absolute Gasteiger partial charge is 0.870 e. The molecule has 0 bridgehead atoms. The monoisotopic (exact) mass is 281 g/mol. The molecule has 0 aliphatic carbocycles. The molecule has 1 aromatic carbocycles. The Labute approximate surface area is 122 Å². The van der Waals surface area contributed by atoms with E-state index in [9.17, 15) is 4.79 Å². The summed E-state index contributed by atoms with van der Waals surface area (Å²) in [7, 11) is 6.23. The Bertz CT molecular complexity index is 425. The maximum absolute atomic E-state index is 11.9. The van der Waals surface area contributed by atoms with Crippen molar-refractivity contribution in [2.24, 2.45) is 0 Å². The zero-order valence-electron chi connectivity index (χ0n) is 13.4. The van der Waals surface area contributed by atoms with Crippen LogP contribution in [-0.2, 0) is 10.2 Å². The van der Waals surface area contributed by atoms with E-state index in [0.717, 1.165) is 11.0 Å². The predicted octanol–water partition coefficient (Wildman–Crippen LogP) is 2.67. The second-order valence-corrected chi connectivity index (χ2v) is 6.98. The number of esters is 1. The Kier molecular flexibility index (Phi) is 6.38. The minimum Gasteiger partial charge on any atom is -0.870 e. The zero-order chi connectivity index (χ0) is 14.7. The number of rotatable bonds is 4. The van der Waals surface area contributed by atoms with Crippen LogP contribution in [0.15, 0.2) is 24.3 Å². The lowest BCUT2D eigenvalue weighted by molar-refractivity contribution is -0.870. The fourth-order valence-electron chi connectivity index (χ4n) is 1.60. The lowest BCUT2D eigenvalue weighted by atomic mass is 9.87. The summed E-state index contributed by atoms with van der Waals surface area (Å²) >= 11 is 0. The van der Waals surface area contributed by atoms with Crippen molar-refractivity contribution in [1.29, 1.82) is 0 Å². The second kappa shape index (κ2) is 6.86. The number of hydrogen-bond donors (Lipinski definition) is 0. The SMILES string of the molecule is CC(C)(C)c1ccc(C(=O)OCC[N+](C)(C)C)cc1.[OH-]. The molecule has 1 rings (SSSR count). The predicted molar refractivity (Wildman–Crippen MR) is 80.3 cm³/mol. The van der Waals surface area contributed by atoms with Gasteiger partial charge in [-0.3, -0.25) is 0 Å². The van der Waals surface area contributed by atoms with Crippen LogP contribution in [0.25, 0.3) is 0 Å². The Morgan fingerprint density at radius 3 is 2.00 bits per heavy atom. The van der Waals surface area contributed by atoms with Gasteiger partial charge in [-0.25, -0.2) is 4.79 Å². The van der Waals surface area contributed by atoms with Crippen molar-refractivity contribution in [1.82, 2.24) is 0 Å². The topological polar surface area (TPSA) is 56.3 Å². The molecule has 114 valence electrons. The van der Waals surface area contributed by atoms with E-state index in [1.54, 1.807) is 0 Å². The lowest BCUT2D eigenvalue weighted by Crippen LogP contribution is -2.38. The third-order valence-electron chi connectivity index (χ3n) is 2.98. The highest BCUT2D eigenvalue weighted by Gasteiger charge is 2.15. The van der Waals surface area contributed by atoms with E-state index >= 15 is 0 Å². The second-order valence-electron chi connectivity index (χ2n) is 6.98. The summed E-state index contributed by atoms with van der Waals surface area (Å²) in [6.45, 7) is 7.72. The fourth-order valence-corrected chi connectivity index (χ4v) is 1.60. The first-order valence-electron chi connectivity index (χ1n) is 6.68. The van der Waals surface area contributed by atoms with Crippen molar-refractivity contribution < 1.29 is 19.5 Å². The van der Waals surface area contributed by atoms with E-state index < -0.39 is 0 Å². The van der Waals surface area contributed by atoms with Gasteiger partial charge in [-0.1, -0.05) is 32.9 Å².